The second kappa shape index (κ2) is 12.1. The maximum atomic E-state index is 15.1. The van der Waals surface area contributed by atoms with E-state index in [4.69, 9.17) is 4.74 Å². The van der Waals surface area contributed by atoms with Gasteiger partial charge in [-0.25, -0.2) is 17.6 Å². The van der Waals surface area contributed by atoms with Gasteiger partial charge in [-0.15, -0.1) is 0 Å². The van der Waals surface area contributed by atoms with Crippen molar-refractivity contribution >= 4 is 0 Å². The summed E-state index contributed by atoms with van der Waals surface area (Å²) in [6.07, 6.45) is 7.14. The van der Waals surface area contributed by atoms with Crippen LogP contribution in [-0.4, -0.2) is 12.7 Å². The first-order valence-electron chi connectivity index (χ1n) is 13.1. The van der Waals surface area contributed by atoms with E-state index in [1.165, 1.54) is 0 Å². The number of hydrogen-bond acceptors (Lipinski definition) is 1. The molecule has 2 unspecified atom stereocenters. The van der Waals surface area contributed by atoms with Crippen LogP contribution in [0.25, 0.3) is 22.3 Å². The third-order valence-corrected chi connectivity index (χ3v) is 7.25. The zero-order valence-corrected chi connectivity index (χ0v) is 21.1. The van der Waals surface area contributed by atoms with Crippen molar-refractivity contribution in [1.82, 2.24) is 0 Å². The minimum atomic E-state index is -0.899. The molecule has 4 rings (SSSR count). The smallest absolute Gasteiger partial charge is 0.166 e. The number of ether oxygens (including phenoxy) is 1. The van der Waals surface area contributed by atoms with Crippen molar-refractivity contribution in [2.24, 2.45) is 0 Å². The highest BCUT2D eigenvalue weighted by Gasteiger charge is 2.27. The van der Waals surface area contributed by atoms with E-state index in [1.54, 1.807) is 48.5 Å². The standard InChI is InChI=1S/C31H34F4O/c1-3-5-6-8-22-14-16-25(29(33)28(22)32)20-9-11-21(12-10-20)26-17-18-27(31(35)30(26)34)23-13-15-24(7-4-2)36-19-23/h9-12,14,16-18,23-24H,3-8,13,15,19H2,1-2H3. The average molecular weight is 499 g/mol. The Hall–Kier alpha value is -2.66. The van der Waals surface area contributed by atoms with E-state index >= 15 is 8.78 Å². The number of rotatable bonds is 9. The van der Waals surface area contributed by atoms with E-state index in [9.17, 15) is 8.78 Å². The number of halogens is 4. The maximum absolute atomic E-state index is 15.1. The second-order valence-electron chi connectivity index (χ2n) is 9.78. The molecule has 0 saturated carbocycles. The molecule has 192 valence electrons. The molecule has 0 aliphatic carbocycles. The van der Waals surface area contributed by atoms with Crippen molar-refractivity contribution in [1.29, 1.82) is 0 Å². The van der Waals surface area contributed by atoms with Crippen LogP contribution in [-0.2, 0) is 11.2 Å². The van der Waals surface area contributed by atoms with E-state index in [1.807, 2.05) is 0 Å². The molecule has 1 nitrogen and oxygen atoms in total. The third-order valence-electron chi connectivity index (χ3n) is 7.25. The average Bonchev–Trinajstić information content (AvgIpc) is 2.89. The summed E-state index contributed by atoms with van der Waals surface area (Å²) in [6.45, 7) is 4.57. The Labute approximate surface area is 211 Å². The first-order valence-corrected chi connectivity index (χ1v) is 13.1. The number of aryl methyl sites for hydroxylation is 1. The molecule has 1 aliphatic rings. The highest BCUT2D eigenvalue weighted by atomic mass is 19.2. The van der Waals surface area contributed by atoms with Gasteiger partial charge in [-0.1, -0.05) is 81.6 Å². The molecule has 0 aromatic heterocycles. The van der Waals surface area contributed by atoms with Gasteiger partial charge < -0.3 is 4.74 Å². The Balaban J connectivity index is 1.52. The monoisotopic (exact) mass is 498 g/mol. The van der Waals surface area contributed by atoms with E-state index < -0.39 is 23.3 Å². The number of unbranched alkanes of at least 4 members (excludes halogenated alkanes) is 2. The SMILES string of the molecule is CCCCCc1ccc(-c2ccc(-c3ccc(C4CCC(CCC)OC4)c(F)c3F)cc2)c(F)c1F. The van der Waals surface area contributed by atoms with E-state index in [2.05, 4.69) is 13.8 Å². The van der Waals surface area contributed by atoms with Crippen molar-refractivity contribution in [3.63, 3.8) is 0 Å². The summed E-state index contributed by atoms with van der Waals surface area (Å²) in [7, 11) is 0. The molecule has 1 saturated heterocycles. The van der Waals surface area contributed by atoms with Gasteiger partial charge in [0.1, 0.15) is 0 Å². The first kappa shape index (κ1) is 26.4. The van der Waals surface area contributed by atoms with Crippen LogP contribution in [0.5, 0.6) is 0 Å². The molecule has 0 N–H and O–H groups in total. The largest absolute Gasteiger partial charge is 0.378 e. The summed E-state index contributed by atoms with van der Waals surface area (Å²) in [5.41, 5.74) is 1.97. The Morgan fingerprint density at radius 2 is 1.33 bits per heavy atom. The molecular weight excluding hydrogens is 464 g/mol. The predicted molar refractivity (Wildman–Crippen MR) is 137 cm³/mol. The lowest BCUT2D eigenvalue weighted by Crippen LogP contribution is -2.25. The van der Waals surface area contributed by atoms with Crippen LogP contribution >= 0.6 is 0 Å². The molecule has 36 heavy (non-hydrogen) atoms. The van der Waals surface area contributed by atoms with Crippen molar-refractivity contribution in [3.8, 4) is 22.3 Å². The van der Waals surface area contributed by atoms with Crippen LogP contribution in [0, 0.1) is 23.3 Å². The minimum Gasteiger partial charge on any atom is -0.378 e. The Bertz CT molecular complexity index is 1160. The van der Waals surface area contributed by atoms with Crippen molar-refractivity contribution in [2.75, 3.05) is 6.61 Å². The molecule has 0 amide bonds. The highest BCUT2D eigenvalue weighted by molar-refractivity contribution is 5.71. The highest BCUT2D eigenvalue weighted by Crippen LogP contribution is 2.36. The molecule has 1 heterocycles. The van der Waals surface area contributed by atoms with Gasteiger partial charge in [-0.3, -0.25) is 0 Å². The molecule has 3 aromatic carbocycles. The zero-order valence-electron chi connectivity index (χ0n) is 21.1. The first-order chi connectivity index (χ1) is 17.4. The molecule has 0 radical (unpaired) electrons. The lowest BCUT2D eigenvalue weighted by atomic mass is 9.88. The summed E-state index contributed by atoms with van der Waals surface area (Å²) in [5.74, 6) is -3.60. The fourth-order valence-corrected chi connectivity index (χ4v) is 5.10. The number of benzene rings is 3. The molecule has 2 atom stereocenters. The predicted octanol–water partition coefficient (Wildman–Crippen LogP) is 9.37. The van der Waals surface area contributed by atoms with Crippen molar-refractivity contribution in [3.05, 3.63) is 82.9 Å². The van der Waals surface area contributed by atoms with Gasteiger partial charge in [0, 0.05) is 17.0 Å². The Morgan fingerprint density at radius 3 is 1.92 bits per heavy atom. The van der Waals surface area contributed by atoms with Gasteiger partial charge in [0.15, 0.2) is 23.3 Å². The number of hydrogen-bond donors (Lipinski definition) is 0. The third kappa shape index (κ3) is 5.67. The second-order valence-corrected chi connectivity index (χ2v) is 9.78. The van der Waals surface area contributed by atoms with Gasteiger partial charge in [0.05, 0.1) is 12.7 Å². The van der Waals surface area contributed by atoms with Crippen molar-refractivity contribution < 1.29 is 22.3 Å². The van der Waals surface area contributed by atoms with Crippen LogP contribution in [0.15, 0.2) is 48.5 Å². The minimum absolute atomic E-state index is 0.140. The lowest BCUT2D eigenvalue weighted by molar-refractivity contribution is -0.00181. The van der Waals surface area contributed by atoms with Crippen LogP contribution in [0.1, 0.15) is 75.8 Å². The van der Waals surface area contributed by atoms with Crippen LogP contribution in [0.4, 0.5) is 17.6 Å². The fraction of sp³-hybridized carbons (Fsp3) is 0.419. The van der Waals surface area contributed by atoms with Gasteiger partial charge >= 0.3 is 0 Å². The van der Waals surface area contributed by atoms with Crippen molar-refractivity contribution in [2.45, 2.75) is 77.2 Å². The van der Waals surface area contributed by atoms with Gasteiger partial charge in [-0.2, -0.15) is 0 Å². The topological polar surface area (TPSA) is 9.23 Å². The summed E-state index contributed by atoms with van der Waals surface area (Å²) < 4.78 is 65.4. The summed E-state index contributed by atoms with van der Waals surface area (Å²) in [6, 6.07) is 12.9. The van der Waals surface area contributed by atoms with Gasteiger partial charge in [0.2, 0.25) is 0 Å². The molecule has 3 aromatic rings. The zero-order chi connectivity index (χ0) is 25.7. The Kier molecular flexibility index (Phi) is 8.84. The van der Waals surface area contributed by atoms with Crippen LogP contribution < -0.4 is 0 Å². The van der Waals surface area contributed by atoms with Gasteiger partial charge in [0.25, 0.3) is 0 Å². The maximum Gasteiger partial charge on any atom is 0.166 e. The summed E-state index contributed by atoms with van der Waals surface area (Å²) in [4.78, 5) is 0. The molecular formula is C31H34F4O. The van der Waals surface area contributed by atoms with E-state index in [-0.39, 0.29) is 23.1 Å². The molecule has 1 fully saturated rings. The molecule has 0 spiro atoms. The normalized spacial score (nSPS) is 17.9. The lowest BCUT2D eigenvalue weighted by Gasteiger charge is -2.29. The fourth-order valence-electron chi connectivity index (χ4n) is 5.10. The quantitative estimate of drug-likeness (QED) is 0.211. The van der Waals surface area contributed by atoms with Crippen LogP contribution in [0.2, 0.25) is 0 Å². The Morgan fingerprint density at radius 1 is 0.694 bits per heavy atom. The summed E-state index contributed by atoms with van der Waals surface area (Å²) in [5, 5.41) is 0. The van der Waals surface area contributed by atoms with E-state index in [0.29, 0.717) is 35.3 Å². The molecule has 5 heteroatoms. The van der Waals surface area contributed by atoms with Crippen LogP contribution in [0.3, 0.4) is 0 Å². The van der Waals surface area contributed by atoms with Gasteiger partial charge in [-0.05, 0) is 54.4 Å². The summed E-state index contributed by atoms with van der Waals surface area (Å²) >= 11 is 0. The molecule has 1 aliphatic heterocycles. The molecule has 0 bridgehead atoms. The van der Waals surface area contributed by atoms with E-state index in [0.717, 1.165) is 44.9 Å².